The number of hydrogen-bond acceptors (Lipinski definition) is 3. The maximum absolute atomic E-state index is 14.1. The van der Waals surface area contributed by atoms with Gasteiger partial charge in [0.25, 0.3) is 5.91 Å². The van der Waals surface area contributed by atoms with Crippen LogP contribution in [0.3, 0.4) is 0 Å². The minimum atomic E-state index is -1.46. The molecule has 3 aromatic rings. The van der Waals surface area contributed by atoms with E-state index in [1.807, 2.05) is 0 Å². The molecule has 0 bridgehead atoms. The molecule has 0 heterocycles. The SMILES string of the molecule is Nc1cc(F)cc(F)c1NC(=O)c1cc(NC(=O)[C@H]2[C@H](c3ccc(F)c(Cl)c3)C2(Cl)Cl)ccc1Cl. The van der Waals surface area contributed by atoms with Crippen molar-refractivity contribution < 1.29 is 22.8 Å². The van der Waals surface area contributed by atoms with Gasteiger partial charge in [-0.25, -0.2) is 13.2 Å². The van der Waals surface area contributed by atoms with E-state index in [0.29, 0.717) is 11.6 Å². The van der Waals surface area contributed by atoms with Gasteiger partial charge in [0.15, 0.2) is 5.82 Å². The average Bonchev–Trinajstić information content (AvgIpc) is 3.35. The molecule has 35 heavy (non-hydrogen) atoms. The Morgan fingerprint density at radius 2 is 1.60 bits per heavy atom. The molecule has 0 aromatic heterocycles. The van der Waals surface area contributed by atoms with Gasteiger partial charge in [0.1, 0.15) is 21.7 Å². The second-order valence-electron chi connectivity index (χ2n) is 7.79. The molecule has 1 fully saturated rings. The van der Waals surface area contributed by atoms with Crippen molar-refractivity contribution in [3.05, 3.63) is 87.2 Å². The van der Waals surface area contributed by atoms with Gasteiger partial charge in [0, 0.05) is 17.7 Å². The van der Waals surface area contributed by atoms with E-state index in [4.69, 9.17) is 52.1 Å². The van der Waals surface area contributed by atoms with Crippen LogP contribution in [0.4, 0.5) is 30.2 Å². The molecule has 1 aliphatic rings. The van der Waals surface area contributed by atoms with Crippen LogP contribution in [0.1, 0.15) is 21.8 Å². The van der Waals surface area contributed by atoms with Gasteiger partial charge >= 0.3 is 0 Å². The van der Waals surface area contributed by atoms with Gasteiger partial charge in [0.2, 0.25) is 5.91 Å². The highest BCUT2D eigenvalue weighted by molar-refractivity contribution is 6.53. The van der Waals surface area contributed by atoms with Crippen LogP contribution in [-0.4, -0.2) is 16.1 Å². The first-order valence-corrected chi connectivity index (χ1v) is 11.4. The largest absolute Gasteiger partial charge is 0.397 e. The fourth-order valence-corrected chi connectivity index (χ4v) is 4.90. The molecule has 0 aliphatic heterocycles. The van der Waals surface area contributed by atoms with Crippen molar-refractivity contribution in [1.82, 2.24) is 0 Å². The third-order valence-electron chi connectivity index (χ3n) is 5.44. The monoisotopic (exact) mass is 561 g/mol. The second-order valence-corrected chi connectivity index (χ2v) is 10.1. The van der Waals surface area contributed by atoms with Gasteiger partial charge in [-0.1, -0.05) is 29.3 Å². The molecule has 5 nitrogen and oxygen atoms in total. The van der Waals surface area contributed by atoms with Crippen molar-refractivity contribution in [2.24, 2.45) is 5.92 Å². The summed E-state index contributed by atoms with van der Waals surface area (Å²) in [6.45, 7) is 0. The van der Waals surface area contributed by atoms with E-state index in [9.17, 15) is 22.8 Å². The quantitative estimate of drug-likeness (QED) is 0.237. The lowest BCUT2D eigenvalue weighted by molar-refractivity contribution is -0.117. The van der Waals surface area contributed by atoms with Gasteiger partial charge in [-0.3, -0.25) is 9.59 Å². The van der Waals surface area contributed by atoms with E-state index < -0.39 is 51.1 Å². The van der Waals surface area contributed by atoms with Crippen LogP contribution in [0.15, 0.2) is 48.5 Å². The standard InChI is InChI=1S/C23H14Cl4F3N3O2/c24-13-3-2-11(8-12(13)21(34)33-20-16(30)6-10(28)7-17(20)31)32-22(35)19-18(23(19,26)27)9-1-4-15(29)14(25)5-9/h1-8,18-19H,31H2,(H,32,35)(H,33,34)/t18-,19+/m0/s1. The van der Waals surface area contributed by atoms with Crippen molar-refractivity contribution >= 4 is 75.3 Å². The van der Waals surface area contributed by atoms with Crippen LogP contribution >= 0.6 is 46.4 Å². The summed E-state index contributed by atoms with van der Waals surface area (Å²) in [5, 5.41) is 4.70. The summed E-state index contributed by atoms with van der Waals surface area (Å²) in [4.78, 5) is 25.6. The Balaban J connectivity index is 1.52. The number of amides is 2. The number of carbonyl (C=O) groups is 2. The molecule has 12 heteroatoms. The number of hydrogen-bond donors (Lipinski definition) is 3. The number of benzene rings is 3. The Bertz CT molecular complexity index is 1350. The highest BCUT2D eigenvalue weighted by atomic mass is 35.5. The molecule has 1 aliphatic carbocycles. The Morgan fingerprint density at radius 3 is 2.26 bits per heavy atom. The van der Waals surface area contributed by atoms with Crippen LogP contribution in [0.5, 0.6) is 0 Å². The molecule has 2 amide bonds. The molecule has 1 saturated carbocycles. The molecular formula is C23H14Cl4F3N3O2. The molecule has 0 spiro atoms. The van der Waals surface area contributed by atoms with Crippen molar-refractivity contribution in [1.29, 1.82) is 0 Å². The second kappa shape index (κ2) is 9.43. The minimum Gasteiger partial charge on any atom is -0.397 e. The van der Waals surface area contributed by atoms with Crippen LogP contribution in [0.25, 0.3) is 0 Å². The lowest BCUT2D eigenvalue weighted by atomic mass is 10.1. The van der Waals surface area contributed by atoms with Gasteiger partial charge in [-0.05, 0) is 42.0 Å². The first kappa shape index (κ1) is 25.4. The van der Waals surface area contributed by atoms with Crippen molar-refractivity contribution in [2.75, 3.05) is 16.4 Å². The third-order valence-corrected chi connectivity index (χ3v) is 7.00. The van der Waals surface area contributed by atoms with E-state index in [2.05, 4.69) is 10.6 Å². The predicted molar refractivity (Wildman–Crippen MR) is 131 cm³/mol. The zero-order chi connectivity index (χ0) is 25.7. The first-order chi connectivity index (χ1) is 16.4. The molecule has 2 atom stereocenters. The minimum absolute atomic E-state index is 0.00382. The zero-order valence-electron chi connectivity index (χ0n) is 17.3. The number of nitrogens with two attached hydrogens (primary N) is 1. The summed E-state index contributed by atoms with van der Waals surface area (Å²) in [6.07, 6.45) is 0. The summed E-state index contributed by atoms with van der Waals surface area (Å²) >= 11 is 24.5. The van der Waals surface area contributed by atoms with Crippen LogP contribution in [0.2, 0.25) is 10.0 Å². The number of rotatable bonds is 5. The Hall–Kier alpha value is -2.65. The topological polar surface area (TPSA) is 84.2 Å². The Kier molecular flexibility index (Phi) is 6.85. The molecule has 182 valence electrons. The van der Waals surface area contributed by atoms with E-state index in [-0.39, 0.29) is 27.0 Å². The molecule has 0 unspecified atom stereocenters. The molecule has 4 N–H and O–H groups in total. The molecule has 0 radical (unpaired) electrons. The van der Waals surface area contributed by atoms with E-state index in [1.165, 1.54) is 30.3 Å². The van der Waals surface area contributed by atoms with Crippen LogP contribution < -0.4 is 16.4 Å². The Morgan fingerprint density at radius 1 is 0.886 bits per heavy atom. The van der Waals surface area contributed by atoms with Crippen LogP contribution in [0, 0.1) is 23.4 Å². The molecular weight excluding hydrogens is 549 g/mol. The first-order valence-electron chi connectivity index (χ1n) is 9.89. The summed E-state index contributed by atoms with van der Waals surface area (Å²) in [5.41, 5.74) is 5.38. The third kappa shape index (κ3) is 5.02. The molecule has 3 aromatic carbocycles. The summed E-state index contributed by atoms with van der Waals surface area (Å²) < 4.78 is 39.3. The lowest BCUT2D eigenvalue weighted by Gasteiger charge is -2.12. The fourth-order valence-electron chi connectivity index (χ4n) is 3.68. The van der Waals surface area contributed by atoms with Gasteiger partial charge in [-0.15, -0.1) is 23.2 Å². The molecule has 4 rings (SSSR count). The summed E-state index contributed by atoms with van der Waals surface area (Å²) in [6, 6.07) is 9.37. The average molecular weight is 563 g/mol. The number of carbonyl (C=O) groups excluding carboxylic acids is 2. The van der Waals surface area contributed by atoms with E-state index >= 15 is 0 Å². The zero-order valence-corrected chi connectivity index (χ0v) is 20.3. The van der Waals surface area contributed by atoms with Gasteiger partial charge < -0.3 is 16.4 Å². The molecule has 0 saturated heterocycles. The number of nitrogen functional groups attached to an aromatic ring is 1. The number of halogens is 7. The Labute approximate surface area is 217 Å². The maximum atomic E-state index is 14.1. The maximum Gasteiger partial charge on any atom is 0.257 e. The lowest BCUT2D eigenvalue weighted by Crippen LogP contribution is -2.19. The van der Waals surface area contributed by atoms with Gasteiger partial charge in [-0.2, -0.15) is 0 Å². The van der Waals surface area contributed by atoms with Crippen molar-refractivity contribution in [2.45, 2.75) is 10.3 Å². The number of nitrogens with one attached hydrogen (secondary N) is 2. The van der Waals surface area contributed by atoms with Gasteiger partial charge in [0.05, 0.1) is 27.2 Å². The predicted octanol–water partition coefficient (Wildman–Crippen LogP) is 6.77. The summed E-state index contributed by atoms with van der Waals surface area (Å²) in [7, 11) is 0. The van der Waals surface area contributed by atoms with E-state index in [0.717, 1.165) is 12.1 Å². The van der Waals surface area contributed by atoms with Crippen molar-refractivity contribution in [3.63, 3.8) is 0 Å². The van der Waals surface area contributed by atoms with Crippen LogP contribution in [-0.2, 0) is 4.79 Å². The highest BCUT2D eigenvalue weighted by Crippen LogP contribution is 2.65. The summed E-state index contributed by atoms with van der Waals surface area (Å²) in [5.74, 6) is -5.56. The number of anilines is 3. The fraction of sp³-hybridized carbons (Fsp3) is 0.130. The van der Waals surface area contributed by atoms with Crippen molar-refractivity contribution in [3.8, 4) is 0 Å². The number of alkyl halides is 2. The normalized spacial score (nSPS) is 18.1. The van der Waals surface area contributed by atoms with E-state index in [1.54, 1.807) is 0 Å². The smallest absolute Gasteiger partial charge is 0.257 e. The highest BCUT2D eigenvalue weighted by Gasteiger charge is 2.67.